The monoisotopic (exact) mass is 364 g/mol. The predicted octanol–water partition coefficient (Wildman–Crippen LogP) is 3.07. The zero-order valence-electron chi connectivity index (χ0n) is 13.5. The molecule has 0 radical (unpaired) electrons. The summed E-state index contributed by atoms with van der Waals surface area (Å²) in [6, 6.07) is 8.20. The Kier molecular flexibility index (Phi) is 5.01. The summed E-state index contributed by atoms with van der Waals surface area (Å²) in [4.78, 5) is 18.0. The number of carbonyl (C=O) groups excluding carboxylic acids is 1. The van der Waals surface area contributed by atoms with Crippen molar-refractivity contribution in [2.24, 2.45) is 5.92 Å². The second-order valence-electron chi connectivity index (χ2n) is 6.17. The smallest absolute Gasteiger partial charge is 0.227 e. The van der Waals surface area contributed by atoms with E-state index in [0.717, 1.165) is 25.0 Å². The number of fused-ring (bicyclic) bond motifs is 1. The average Bonchev–Trinajstić information content (AvgIpc) is 2.95. The Morgan fingerprint density at radius 1 is 1.33 bits per heavy atom. The molecule has 1 amide bonds. The number of aromatic nitrogens is 1. The molecule has 0 bridgehead atoms. The number of amides is 1. The number of anilines is 1. The van der Waals surface area contributed by atoms with Crippen LogP contribution in [0.4, 0.5) is 5.13 Å². The number of nitrogens with one attached hydrogen (secondary N) is 1. The van der Waals surface area contributed by atoms with Crippen molar-refractivity contribution in [1.82, 2.24) is 4.98 Å². The van der Waals surface area contributed by atoms with Crippen molar-refractivity contribution in [2.45, 2.75) is 37.5 Å². The number of benzene rings is 1. The van der Waals surface area contributed by atoms with E-state index in [1.165, 1.54) is 16.2 Å². The molecule has 3 rings (SSSR count). The lowest BCUT2D eigenvalue weighted by molar-refractivity contribution is -0.115. The Balaban J connectivity index is 1.59. The van der Waals surface area contributed by atoms with Crippen molar-refractivity contribution < 1.29 is 13.2 Å². The molecule has 1 unspecified atom stereocenters. The first-order valence-corrected chi connectivity index (χ1v) is 10.5. The Bertz CT molecular complexity index is 829. The van der Waals surface area contributed by atoms with Gasteiger partial charge in [-0.1, -0.05) is 25.1 Å². The van der Waals surface area contributed by atoms with E-state index in [1.54, 1.807) is 30.3 Å². The third kappa shape index (κ3) is 4.02. The van der Waals surface area contributed by atoms with Crippen molar-refractivity contribution in [2.75, 3.05) is 11.1 Å². The minimum Gasteiger partial charge on any atom is -0.302 e. The second-order valence-corrected chi connectivity index (χ2v) is 9.36. The van der Waals surface area contributed by atoms with Gasteiger partial charge in [-0.15, -0.1) is 11.3 Å². The van der Waals surface area contributed by atoms with Gasteiger partial charge in [0.25, 0.3) is 0 Å². The van der Waals surface area contributed by atoms with Gasteiger partial charge in [-0.25, -0.2) is 13.4 Å². The zero-order chi connectivity index (χ0) is 17.2. The topological polar surface area (TPSA) is 76.1 Å². The van der Waals surface area contributed by atoms with Crippen molar-refractivity contribution >= 4 is 32.2 Å². The molecule has 1 aliphatic rings. The normalized spacial score (nSPS) is 17.3. The van der Waals surface area contributed by atoms with Crippen LogP contribution in [0.2, 0.25) is 0 Å². The van der Waals surface area contributed by atoms with Crippen LogP contribution in [0.5, 0.6) is 0 Å². The van der Waals surface area contributed by atoms with E-state index < -0.39 is 9.84 Å². The number of hydrogen-bond donors (Lipinski definition) is 1. The highest BCUT2D eigenvalue weighted by molar-refractivity contribution is 7.91. The van der Waals surface area contributed by atoms with Gasteiger partial charge in [0.1, 0.15) is 0 Å². The molecule has 0 saturated heterocycles. The minimum absolute atomic E-state index is 0.0716. The number of sulfone groups is 1. The quantitative estimate of drug-likeness (QED) is 0.885. The van der Waals surface area contributed by atoms with Crippen molar-refractivity contribution in [3.8, 4) is 0 Å². The maximum absolute atomic E-state index is 12.2. The second kappa shape index (κ2) is 7.03. The molecule has 0 aliphatic heterocycles. The van der Waals surface area contributed by atoms with Crippen LogP contribution < -0.4 is 5.32 Å². The van der Waals surface area contributed by atoms with Crippen LogP contribution in [0.25, 0.3) is 0 Å². The Labute approximate surface area is 146 Å². The molecule has 2 aromatic rings. The standard InChI is InChI=1S/C17H20N2O3S2/c1-12-7-8-14-15(11-12)23-17(18-14)19-16(20)9-10-24(21,22)13-5-3-2-4-6-13/h2-6,12H,7-11H2,1H3,(H,18,19,20). The molecule has 128 valence electrons. The fourth-order valence-electron chi connectivity index (χ4n) is 2.75. The maximum Gasteiger partial charge on any atom is 0.227 e. The highest BCUT2D eigenvalue weighted by Gasteiger charge is 2.21. The SMILES string of the molecule is CC1CCc2nc(NC(=O)CCS(=O)(=O)c3ccccc3)sc2C1. The average molecular weight is 364 g/mol. The largest absolute Gasteiger partial charge is 0.302 e. The Hall–Kier alpha value is -1.73. The van der Waals surface area contributed by atoms with Gasteiger partial charge in [0, 0.05) is 11.3 Å². The van der Waals surface area contributed by atoms with E-state index >= 15 is 0 Å². The fraction of sp³-hybridized carbons (Fsp3) is 0.412. The third-order valence-electron chi connectivity index (χ3n) is 4.13. The Morgan fingerprint density at radius 3 is 2.83 bits per heavy atom. The highest BCUT2D eigenvalue weighted by atomic mass is 32.2. The molecule has 1 heterocycles. The van der Waals surface area contributed by atoms with Gasteiger partial charge in [0.05, 0.1) is 16.3 Å². The van der Waals surface area contributed by atoms with E-state index in [4.69, 9.17) is 0 Å². The lowest BCUT2D eigenvalue weighted by Gasteiger charge is -2.15. The van der Waals surface area contributed by atoms with Crippen LogP contribution in [0.1, 0.15) is 30.3 Å². The van der Waals surface area contributed by atoms with Crippen LogP contribution in [0.3, 0.4) is 0 Å². The van der Waals surface area contributed by atoms with E-state index in [2.05, 4.69) is 17.2 Å². The van der Waals surface area contributed by atoms with E-state index in [9.17, 15) is 13.2 Å². The molecule has 0 spiro atoms. The van der Waals surface area contributed by atoms with Crippen LogP contribution >= 0.6 is 11.3 Å². The van der Waals surface area contributed by atoms with Gasteiger partial charge < -0.3 is 5.32 Å². The molecule has 1 atom stereocenters. The third-order valence-corrected chi connectivity index (χ3v) is 6.90. The van der Waals surface area contributed by atoms with Gasteiger partial charge >= 0.3 is 0 Å². The fourth-order valence-corrected chi connectivity index (χ4v) is 5.20. The van der Waals surface area contributed by atoms with Crippen LogP contribution in [-0.2, 0) is 27.5 Å². The molecule has 1 aromatic heterocycles. The maximum atomic E-state index is 12.2. The van der Waals surface area contributed by atoms with Gasteiger partial charge in [-0.05, 0) is 37.3 Å². The van der Waals surface area contributed by atoms with Gasteiger partial charge in [-0.2, -0.15) is 0 Å². The number of rotatable bonds is 5. The molecule has 1 aromatic carbocycles. The summed E-state index contributed by atoms with van der Waals surface area (Å²) in [7, 11) is -3.44. The van der Waals surface area contributed by atoms with E-state index in [-0.39, 0.29) is 23.0 Å². The van der Waals surface area contributed by atoms with Crippen molar-refractivity contribution in [3.63, 3.8) is 0 Å². The first kappa shape index (κ1) is 17.1. The van der Waals surface area contributed by atoms with Crippen LogP contribution in [0, 0.1) is 5.92 Å². The zero-order valence-corrected chi connectivity index (χ0v) is 15.1. The summed E-state index contributed by atoms with van der Waals surface area (Å²) in [6.07, 6.45) is 3.01. The van der Waals surface area contributed by atoms with Gasteiger partial charge in [-0.3, -0.25) is 4.79 Å². The summed E-state index contributed by atoms with van der Waals surface area (Å²) in [5.74, 6) is 0.136. The highest BCUT2D eigenvalue weighted by Crippen LogP contribution is 2.32. The Morgan fingerprint density at radius 2 is 2.08 bits per heavy atom. The van der Waals surface area contributed by atoms with Crippen LogP contribution in [0.15, 0.2) is 35.2 Å². The minimum atomic E-state index is -3.44. The summed E-state index contributed by atoms with van der Waals surface area (Å²) >= 11 is 1.50. The summed E-state index contributed by atoms with van der Waals surface area (Å²) in [5.41, 5.74) is 1.07. The number of aryl methyl sites for hydroxylation is 1. The number of thiazole rings is 1. The predicted molar refractivity (Wildman–Crippen MR) is 95.0 cm³/mol. The number of carbonyl (C=O) groups is 1. The molecular formula is C17H20N2O3S2. The summed E-state index contributed by atoms with van der Waals surface area (Å²) in [6.45, 7) is 2.22. The first-order chi connectivity index (χ1) is 11.4. The lowest BCUT2D eigenvalue weighted by Crippen LogP contribution is -2.17. The molecular weight excluding hydrogens is 344 g/mol. The summed E-state index contributed by atoms with van der Waals surface area (Å²) in [5, 5.41) is 3.32. The van der Waals surface area contributed by atoms with E-state index in [0.29, 0.717) is 11.0 Å². The lowest BCUT2D eigenvalue weighted by atomic mass is 9.93. The summed E-state index contributed by atoms with van der Waals surface area (Å²) < 4.78 is 24.4. The van der Waals surface area contributed by atoms with Crippen molar-refractivity contribution in [1.29, 1.82) is 0 Å². The molecule has 7 heteroatoms. The van der Waals surface area contributed by atoms with Gasteiger partial charge in [0.15, 0.2) is 15.0 Å². The van der Waals surface area contributed by atoms with Crippen molar-refractivity contribution in [3.05, 3.63) is 40.9 Å². The molecule has 0 saturated carbocycles. The molecule has 24 heavy (non-hydrogen) atoms. The number of nitrogens with zero attached hydrogens (tertiary/aromatic N) is 1. The molecule has 1 N–H and O–H groups in total. The molecule has 5 nitrogen and oxygen atoms in total. The molecule has 1 aliphatic carbocycles. The van der Waals surface area contributed by atoms with Crippen LogP contribution in [-0.4, -0.2) is 25.1 Å². The number of hydrogen-bond acceptors (Lipinski definition) is 5. The first-order valence-electron chi connectivity index (χ1n) is 8.00. The molecule has 0 fully saturated rings. The van der Waals surface area contributed by atoms with Gasteiger partial charge in [0.2, 0.25) is 5.91 Å². The van der Waals surface area contributed by atoms with E-state index in [1.807, 2.05) is 0 Å².